The van der Waals surface area contributed by atoms with E-state index in [1.165, 1.54) is 16.2 Å². The molecule has 0 saturated carbocycles. The van der Waals surface area contributed by atoms with Crippen LogP contribution in [-0.2, 0) is 28.8 Å². The van der Waals surface area contributed by atoms with E-state index in [1.54, 1.807) is 6.92 Å². The molecule has 7 heteroatoms. The van der Waals surface area contributed by atoms with Gasteiger partial charge in [-0.25, -0.2) is 9.78 Å². The van der Waals surface area contributed by atoms with Gasteiger partial charge in [0.05, 0.1) is 24.3 Å². The van der Waals surface area contributed by atoms with Crippen LogP contribution in [0.5, 0.6) is 0 Å². The minimum atomic E-state index is -0.349. The number of imidazole rings is 1. The number of anilines is 1. The molecule has 1 aliphatic rings. The summed E-state index contributed by atoms with van der Waals surface area (Å²) in [5.74, 6) is 0.0570. The molecule has 0 aliphatic heterocycles. The number of thiophene rings is 1. The van der Waals surface area contributed by atoms with Crippen molar-refractivity contribution in [2.75, 3.05) is 11.9 Å². The molecule has 1 unspecified atom stereocenters. The SMILES string of the molecule is CCOC(=O)c1c(NC(=O)Cc2cn3ccc(C)cc3n2)sc2c1CCC(C)C2. The standard InChI is InChI=1S/C22H25N3O3S/c1-4-28-22(27)20-16-6-5-13(2)9-17(16)29-21(20)24-19(26)11-15-12-25-8-7-14(3)10-18(25)23-15/h7-8,10,12-13H,4-6,9,11H2,1-3H3,(H,24,26). The smallest absolute Gasteiger partial charge is 0.341 e. The highest BCUT2D eigenvalue weighted by molar-refractivity contribution is 7.17. The molecule has 1 aliphatic carbocycles. The summed E-state index contributed by atoms with van der Waals surface area (Å²) in [7, 11) is 0. The zero-order chi connectivity index (χ0) is 20.5. The fourth-order valence-electron chi connectivity index (χ4n) is 3.81. The molecule has 0 fully saturated rings. The van der Waals surface area contributed by atoms with Crippen LogP contribution < -0.4 is 5.32 Å². The zero-order valence-corrected chi connectivity index (χ0v) is 17.8. The second-order valence-corrected chi connectivity index (χ2v) is 8.81. The predicted octanol–water partition coefficient (Wildman–Crippen LogP) is 4.19. The second kappa shape index (κ2) is 7.99. The summed E-state index contributed by atoms with van der Waals surface area (Å²) in [6.45, 7) is 6.34. The van der Waals surface area contributed by atoms with E-state index in [-0.39, 0.29) is 18.3 Å². The van der Waals surface area contributed by atoms with Crippen molar-refractivity contribution in [3.63, 3.8) is 0 Å². The Hall–Kier alpha value is -2.67. The molecular formula is C22H25N3O3S. The van der Waals surface area contributed by atoms with Crippen molar-refractivity contribution < 1.29 is 14.3 Å². The van der Waals surface area contributed by atoms with Gasteiger partial charge in [-0.3, -0.25) is 4.79 Å². The second-order valence-electron chi connectivity index (χ2n) is 7.70. The number of amides is 1. The minimum absolute atomic E-state index is 0.155. The fourth-order valence-corrected chi connectivity index (χ4v) is 5.23. The first kappa shape index (κ1) is 19.6. The zero-order valence-electron chi connectivity index (χ0n) is 16.9. The molecule has 3 aromatic heterocycles. The fraction of sp³-hybridized carbons (Fsp3) is 0.409. The Morgan fingerprint density at radius 2 is 2.24 bits per heavy atom. The number of aryl methyl sites for hydroxylation is 1. The van der Waals surface area contributed by atoms with E-state index in [2.05, 4.69) is 17.2 Å². The van der Waals surface area contributed by atoms with Gasteiger partial charge in [0.1, 0.15) is 10.6 Å². The molecule has 3 heterocycles. The normalized spacial score (nSPS) is 15.9. The first-order valence-electron chi connectivity index (χ1n) is 10.00. The molecule has 29 heavy (non-hydrogen) atoms. The van der Waals surface area contributed by atoms with Crippen LogP contribution in [-0.4, -0.2) is 27.9 Å². The van der Waals surface area contributed by atoms with Crippen LogP contribution in [0.15, 0.2) is 24.5 Å². The number of carbonyl (C=O) groups is 2. The topological polar surface area (TPSA) is 72.7 Å². The third kappa shape index (κ3) is 4.05. The highest BCUT2D eigenvalue weighted by Gasteiger charge is 2.29. The van der Waals surface area contributed by atoms with Crippen LogP contribution >= 0.6 is 11.3 Å². The van der Waals surface area contributed by atoms with Gasteiger partial charge >= 0.3 is 5.97 Å². The number of nitrogens with one attached hydrogen (secondary N) is 1. The Kier molecular flexibility index (Phi) is 5.41. The number of hydrogen-bond donors (Lipinski definition) is 1. The van der Waals surface area contributed by atoms with Crippen molar-refractivity contribution in [1.82, 2.24) is 9.38 Å². The van der Waals surface area contributed by atoms with E-state index in [0.717, 1.165) is 36.0 Å². The molecule has 1 N–H and O–H groups in total. The Morgan fingerprint density at radius 1 is 1.41 bits per heavy atom. The number of hydrogen-bond acceptors (Lipinski definition) is 5. The number of pyridine rings is 1. The van der Waals surface area contributed by atoms with Crippen LogP contribution in [0.1, 0.15) is 52.3 Å². The third-order valence-electron chi connectivity index (χ3n) is 5.25. The van der Waals surface area contributed by atoms with E-state index in [9.17, 15) is 9.59 Å². The van der Waals surface area contributed by atoms with Crippen LogP contribution in [0.25, 0.3) is 5.65 Å². The summed E-state index contributed by atoms with van der Waals surface area (Å²) >= 11 is 1.51. The highest BCUT2D eigenvalue weighted by Crippen LogP contribution is 2.40. The average Bonchev–Trinajstić information content (AvgIpc) is 3.20. The van der Waals surface area contributed by atoms with Crippen LogP contribution in [0.4, 0.5) is 5.00 Å². The molecule has 0 bridgehead atoms. The maximum absolute atomic E-state index is 12.7. The molecule has 0 aromatic carbocycles. The quantitative estimate of drug-likeness (QED) is 0.639. The first-order valence-corrected chi connectivity index (χ1v) is 10.8. The lowest BCUT2D eigenvalue weighted by Crippen LogP contribution is -2.18. The van der Waals surface area contributed by atoms with Gasteiger partial charge in [-0.2, -0.15) is 0 Å². The summed E-state index contributed by atoms with van der Waals surface area (Å²) in [4.78, 5) is 31.0. The molecule has 1 atom stereocenters. The van der Waals surface area contributed by atoms with Gasteiger partial charge in [-0.15, -0.1) is 11.3 Å². The summed E-state index contributed by atoms with van der Waals surface area (Å²) in [6.07, 6.45) is 6.79. The van der Waals surface area contributed by atoms with Gasteiger partial charge in [-0.1, -0.05) is 6.92 Å². The van der Waals surface area contributed by atoms with Crippen molar-refractivity contribution in [1.29, 1.82) is 0 Å². The van der Waals surface area contributed by atoms with Crippen LogP contribution in [0, 0.1) is 12.8 Å². The summed E-state index contributed by atoms with van der Waals surface area (Å²) < 4.78 is 7.18. The Balaban J connectivity index is 1.57. The molecular weight excluding hydrogens is 386 g/mol. The van der Waals surface area contributed by atoms with Crippen molar-refractivity contribution in [2.45, 2.75) is 46.5 Å². The van der Waals surface area contributed by atoms with Gasteiger partial charge < -0.3 is 14.5 Å². The number of esters is 1. The maximum Gasteiger partial charge on any atom is 0.341 e. The van der Waals surface area contributed by atoms with E-state index >= 15 is 0 Å². The van der Waals surface area contributed by atoms with Crippen molar-refractivity contribution in [3.8, 4) is 0 Å². The molecule has 0 spiro atoms. The summed E-state index contributed by atoms with van der Waals surface area (Å²) in [5, 5.41) is 3.56. The molecule has 3 aromatic rings. The molecule has 0 radical (unpaired) electrons. The number of carbonyl (C=O) groups excluding carboxylic acids is 2. The van der Waals surface area contributed by atoms with Crippen LogP contribution in [0.3, 0.4) is 0 Å². The molecule has 0 saturated heterocycles. The van der Waals surface area contributed by atoms with Crippen molar-refractivity contribution in [2.24, 2.45) is 5.92 Å². The van der Waals surface area contributed by atoms with Gasteiger partial charge in [0.2, 0.25) is 5.91 Å². The van der Waals surface area contributed by atoms with E-state index < -0.39 is 0 Å². The largest absolute Gasteiger partial charge is 0.462 e. The van der Waals surface area contributed by atoms with Gasteiger partial charge in [0.15, 0.2) is 0 Å². The minimum Gasteiger partial charge on any atom is -0.462 e. The first-order chi connectivity index (χ1) is 13.9. The van der Waals surface area contributed by atoms with E-state index in [4.69, 9.17) is 4.74 Å². The Morgan fingerprint density at radius 3 is 3.03 bits per heavy atom. The number of fused-ring (bicyclic) bond motifs is 2. The lowest BCUT2D eigenvalue weighted by molar-refractivity contribution is -0.115. The average molecular weight is 412 g/mol. The summed E-state index contributed by atoms with van der Waals surface area (Å²) in [6, 6.07) is 3.98. The number of aromatic nitrogens is 2. The number of nitrogens with zero attached hydrogens (tertiary/aromatic N) is 2. The van der Waals surface area contributed by atoms with Crippen molar-refractivity contribution >= 4 is 33.9 Å². The highest BCUT2D eigenvalue weighted by atomic mass is 32.1. The molecule has 152 valence electrons. The molecule has 4 rings (SSSR count). The monoisotopic (exact) mass is 411 g/mol. The Labute approximate surface area is 173 Å². The van der Waals surface area contributed by atoms with E-state index in [1.807, 2.05) is 35.9 Å². The van der Waals surface area contributed by atoms with Gasteiger partial charge in [0, 0.05) is 17.3 Å². The number of ether oxygens (including phenoxy) is 1. The lowest BCUT2D eigenvalue weighted by Gasteiger charge is -2.18. The maximum atomic E-state index is 12.7. The van der Waals surface area contributed by atoms with E-state index in [0.29, 0.717) is 28.8 Å². The predicted molar refractivity (Wildman–Crippen MR) is 114 cm³/mol. The molecule has 1 amide bonds. The third-order valence-corrected chi connectivity index (χ3v) is 6.42. The van der Waals surface area contributed by atoms with Gasteiger partial charge in [-0.05, 0) is 62.3 Å². The van der Waals surface area contributed by atoms with Crippen LogP contribution in [0.2, 0.25) is 0 Å². The summed E-state index contributed by atoms with van der Waals surface area (Å²) in [5.41, 5.74) is 4.22. The Bertz CT molecular complexity index is 1080. The van der Waals surface area contributed by atoms with Gasteiger partial charge in [0.25, 0.3) is 0 Å². The number of rotatable bonds is 5. The van der Waals surface area contributed by atoms with Crippen molar-refractivity contribution in [3.05, 3.63) is 51.8 Å². The lowest BCUT2D eigenvalue weighted by atomic mass is 9.88. The molecule has 6 nitrogen and oxygen atoms in total.